The van der Waals surface area contributed by atoms with E-state index in [4.69, 9.17) is 0 Å². The first-order valence-electron chi connectivity index (χ1n) is 8.28. The van der Waals surface area contributed by atoms with Crippen molar-refractivity contribution >= 4 is 5.69 Å². The van der Waals surface area contributed by atoms with Crippen LogP contribution in [0.15, 0.2) is 78.9 Å². The normalized spacial score (nSPS) is 12.1. The Hall–Kier alpha value is -3.05. The van der Waals surface area contributed by atoms with E-state index in [9.17, 15) is 14.5 Å². The topological polar surface area (TPSA) is 46.4 Å². The summed E-state index contributed by atoms with van der Waals surface area (Å²) in [5.74, 6) is -0.265. The molecule has 4 nitrogen and oxygen atoms in total. The van der Waals surface area contributed by atoms with Crippen LogP contribution >= 0.6 is 0 Å². The molecule has 3 rings (SSSR count). The molecule has 0 saturated heterocycles. The lowest BCUT2D eigenvalue weighted by atomic mass is 9.97. The van der Waals surface area contributed by atoms with E-state index in [0.29, 0.717) is 6.54 Å². The Morgan fingerprint density at radius 3 is 2.08 bits per heavy atom. The summed E-state index contributed by atoms with van der Waals surface area (Å²) < 4.78 is 13.3. The van der Waals surface area contributed by atoms with Crippen LogP contribution in [0, 0.1) is 15.9 Å². The van der Waals surface area contributed by atoms with E-state index in [0.717, 1.165) is 16.7 Å². The molecular formula is C21H19FN2O2. The lowest BCUT2D eigenvalue weighted by molar-refractivity contribution is -0.384. The average molecular weight is 350 g/mol. The molecule has 0 spiro atoms. The third-order valence-electron chi connectivity index (χ3n) is 4.32. The van der Waals surface area contributed by atoms with Crippen LogP contribution in [-0.2, 0) is 6.54 Å². The predicted molar refractivity (Wildman–Crippen MR) is 99.2 cm³/mol. The summed E-state index contributed by atoms with van der Waals surface area (Å²) in [6, 6.07) is 23.0. The monoisotopic (exact) mass is 350 g/mol. The zero-order valence-corrected chi connectivity index (χ0v) is 14.4. The zero-order chi connectivity index (χ0) is 18.5. The molecule has 0 aliphatic heterocycles. The molecule has 5 heteroatoms. The van der Waals surface area contributed by atoms with Crippen LogP contribution in [0.2, 0.25) is 0 Å². The van der Waals surface area contributed by atoms with Gasteiger partial charge in [0.1, 0.15) is 5.82 Å². The van der Waals surface area contributed by atoms with Gasteiger partial charge in [-0.25, -0.2) is 4.39 Å². The molecule has 0 saturated carbocycles. The molecule has 0 amide bonds. The second kappa shape index (κ2) is 7.89. The molecule has 0 aliphatic carbocycles. The van der Waals surface area contributed by atoms with Crippen molar-refractivity contribution in [2.45, 2.75) is 12.6 Å². The minimum Gasteiger partial charge on any atom is -0.291 e. The number of halogens is 1. The maximum atomic E-state index is 13.3. The summed E-state index contributed by atoms with van der Waals surface area (Å²) >= 11 is 0. The predicted octanol–water partition coefficient (Wildman–Crippen LogP) is 4.96. The number of hydrogen-bond donors (Lipinski definition) is 0. The molecule has 0 heterocycles. The molecule has 0 radical (unpaired) electrons. The Kier molecular flexibility index (Phi) is 5.39. The quantitative estimate of drug-likeness (QED) is 0.466. The van der Waals surface area contributed by atoms with Gasteiger partial charge in [0.25, 0.3) is 5.69 Å². The van der Waals surface area contributed by atoms with Crippen molar-refractivity contribution in [2.24, 2.45) is 0 Å². The van der Waals surface area contributed by atoms with Crippen molar-refractivity contribution in [2.75, 3.05) is 7.05 Å². The van der Waals surface area contributed by atoms with Gasteiger partial charge in [0, 0.05) is 18.7 Å². The van der Waals surface area contributed by atoms with Gasteiger partial charge in [-0.2, -0.15) is 0 Å². The highest BCUT2D eigenvalue weighted by Crippen LogP contribution is 2.29. The summed E-state index contributed by atoms with van der Waals surface area (Å²) in [7, 11) is 1.99. The minimum atomic E-state index is -0.404. The molecule has 1 unspecified atom stereocenters. The van der Waals surface area contributed by atoms with Gasteiger partial charge < -0.3 is 0 Å². The molecule has 0 aliphatic rings. The Morgan fingerprint density at radius 1 is 0.923 bits per heavy atom. The van der Waals surface area contributed by atoms with Crippen LogP contribution < -0.4 is 0 Å². The summed E-state index contributed by atoms with van der Waals surface area (Å²) in [4.78, 5) is 12.5. The smallest absolute Gasteiger partial charge is 0.269 e. The van der Waals surface area contributed by atoms with Crippen LogP contribution in [0.1, 0.15) is 22.7 Å². The third-order valence-corrected chi connectivity index (χ3v) is 4.32. The van der Waals surface area contributed by atoms with Gasteiger partial charge in [0.2, 0.25) is 0 Å². The summed E-state index contributed by atoms with van der Waals surface area (Å²) in [6.07, 6.45) is 0. The van der Waals surface area contributed by atoms with Crippen LogP contribution in [0.5, 0.6) is 0 Å². The largest absolute Gasteiger partial charge is 0.291 e. The van der Waals surface area contributed by atoms with Crippen molar-refractivity contribution in [3.8, 4) is 0 Å². The highest BCUT2D eigenvalue weighted by atomic mass is 19.1. The van der Waals surface area contributed by atoms with Crippen molar-refractivity contribution in [3.63, 3.8) is 0 Å². The standard InChI is InChI=1S/C21H19FN2O2/c1-23(15-16-7-13-20(14-8-16)24(25)26)21(17-5-3-2-4-6-17)18-9-11-19(22)12-10-18/h2-14,21H,15H2,1H3. The van der Waals surface area contributed by atoms with E-state index in [1.54, 1.807) is 24.3 Å². The molecule has 0 fully saturated rings. The van der Waals surface area contributed by atoms with Crippen LogP contribution in [0.4, 0.5) is 10.1 Å². The zero-order valence-electron chi connectivity index (χ0n) is 14.4. The number of nitrogens with zero attached hydrogens (tertiary/aromatic N) is 2. The van der Waals surface area contributed by atoms with E-state index in [-0.39, 0.29) is 17.5 Å². The Morgan fingerprint density at radius 2 is 1.50 bits per heavy atom. The van der Waals surface area contributed by atoms with Gasteiger partial charge in [-0.05, 0) is 35.9 Å². The molecule has 3 aromatic rings. The number of hydrogen-bond acceptors (Lipinski definition) is 3. The van der Waals surface area contributed by atoms with Crippen molar-refractivity contribution in [1.29, 1.82) is 0 Å². The van der Waals surface area contributed by atoms with E-state index in [1.165, 1.54) is 24.3 Å². The molecule has 26 heavy (non-hydrogen) atoms. The van der Waals surface area contributed by atoms with Crippen molar-refractivity contribution in [1.82, 2.24) is 4.90 Å². The second-order valence-corrected chi connectivity index (χ2v) is 6.20. The molecule has 0 bridgehead atoms. The molecule has 3 aromatic carbocycles. The summed E-state index contributed by atoms with van der Waals surface area (Å²) in [6.45, 7) is 0.606. The van der Waals surface area contributed by atoms with E-state index >= 15 is 0 Å². The van der Waals surface area contributed by atoms with E-state index < -0.39 is 4.92 Å². The van der Waals surface area contributed by atoms with Gasteiger partial charge >= 0.3 is 0 Å². The molecule has 0 aromatic heterocycles. The SMILES string of the molecule is CN(Cc1ccc([N+](=O)[O-])cc1)C(c1ccccc1)c1ccc(F)cc1. The van der Waals surface area contributed by atoms with E-state index in [2.05, 4.69) is 4.90 Å². The molecule has 1 atom stereocenters. The van der Waals surface area contributed by atoms with E-state index in [1.807, 2.05) is 37.4 Å². The number of non-ortho nitro benzene ring substituents is 1. The van der Waals surface area contributed by atoms with Crippen LogP contribution in [0.25, 0.3) is 0 Å². The number of nitro benzene ring substituents is 1. The first-order chi connectivity index (χ1) is 12.5. The molecule has 0 N–H and O–H groups in total. The van der Waals surface area contributed by atoms with Crippen molar-refractivity contribution < 1.29 is 9.31 Å². The number of benzene rings is 3. The Bertz CT molecular complexity index is 865. The maximum absolute atomic E-state index is 13.3. The minimum absolute atomic E-state index is 0.0491. The first-order valence-corrected chi connectivity index (χ1v) is 8.28. The van der Waals surface area contributed by atoms with Gasteiger partial charge in [0.05, 0.1) is 11.0 Å². The van der Waals surface area contributed by atoms with Crippen LogP contribution in [0.3, 0.4) is 0 Å². The first kappa shape index (κ1) is 17.8. The highest BCUT2D eigenvalue weighted by Gasteiger charge is 2.19. The average Bonchev–Trinajstić information content (AvgIpc) is 2.65. The van der Waals surface area contributed by atoms with Gasteiger partial charge in [-0.15, -0.1) is 0 Å². The van der Waals surface area contributed by atoms with Gasteiger partial charge in [-0.1, -0.05) is 54.6 Å². The van der Waals surface area contributed by atoms with Crippen LogP contribution in [-0.4, -0.2) is 16.9 Å². The van der Waals surface area contributed by atoms with Gasteiger partial charge in [0.15, 0.2) is 0 Å². The number of nitro groups is 1. The third kappa shape index (κ3) is 4.13. The van der Waals surface area contributed by atoms with Crippen molar-refractivity contribution in [3.05, 3.63) is 111 Å². The fourth-order valence-corrected chi connectivity index (χ4v) is 3.08. The van der Waals surface area contributed by atoms with Gasteiger partial charge in [-0.3, -0.25) is 15.0 Å². The number of rotatable bonds is 6. The lowest BCUT2D eigenvalue weighted by Crippen LogP contribution is -2.25. The lowest BCUT2D eigenvalue weighted by Gasteiger charge is -2.29. The summed E-state index contributed by atoms with van der Waals surface area (Å²) in [5, 5.41) is 10.8. The Balaban J connectivity index is 1.88. The fraction of sp³-hybridized carbons (Fsp3) is 0.143. The maximum Gasteiger partial charge on any atom is 0.269 e. The molecular weight excluding hydrogens is 331 g/mol. The Labute approximate surface area is 151 Å². The fourth-order valence-electron chi connectivity index (χ4n) is 3.08. The molecule has 132 valence electrons. The summed E-state index contributed by atoms with van der Waals surface area (Å²) in [5.41, 5.74) is 3.14. The second-order valence-electron chi connectivity index (χ2n) is 6.20. The highest BCUT2D eigenvalue weighted by molar-refractivity contribution is 5.34.